The molecule has 100 valence electrons. The molecule has 0 spiro atoms. The Morgan fingerprint density at radius 3 is 2.44 bits per heavy atom. The number of esters is 1. The van der Waals surface area contributed by atoms with E-state index in [1.807, 2.05) is 30.1 Å². The quantitative estimate of drug-likeness (QED) is 0.801. The van der Waals surface area contributed by atoms with Crippen LogP contribution in [-0.2, 0) is 9.53 Å². The van der Waals surface area contributed by atoms with E-state index in [1.54, 1.807) is 21.0 Å². The molecule has 0 unspecified atom stereocenters. The molecule has 0 aliphatic rings. The number of hydrogen-bond donors (Lipinski definition) is 0. The first-order valence-electron chi connectivity index (χ1n) is 5.50. The highest BCUT2D eigenvalue weighted by Gasteiger charge is 2.34. The van der Waals surface area contributed by atoms with E-state index in [1.165, 1.54) is 7.11 Å². The van der Waals surface area contributed by atoms with Crippen molar-refractivity contribution in [1.29, 1.82) is 0 Å². The van der Waals surface area contributed by atoms with Crippen molar-refractivity contribution in [3.8, 4) is 5.75 Å². The van der Waals surface area contributed by atoms with Crippen molar-refractivity contribution in [2.75, 3.05) is 26.2 Å². The Morgan fingerprint density at radius 1 is 1.33 bits per heavy atom. The molecule has 0 heterocycles. The van der Waals surface area contributed by atoms with Crippen molar-refractivity contribution >= 4 is 27.6 Å². The van der Waals surface area contributed by atoms with E-state index in [-0.39, 0.29) is 5.97 Å². The van der Waals surface area contributed by atoms with Gasteiger partial charge in [-0.1, -0.05) is 15.9 Å². The zero-order valence-electron chi connectivity index (χ0n) is 11.3. The number of ether oxygens (including phenoxy) is 2. The SMILES string of the molecule is COC(=O)C(C)(C)N(C)c1cc(Br)ccc1OC. The molecule has 0 radical (unpaired) electrons. The predicted molar refractivity (Wildman–Crippen MR) is 75.2 cm³/mol. The van der Waals surface area contributed by atoms with Crippen LogP contribution in [0.25, 0.3) is 0 Å². The Bertz CT molecular complexity index is 446. The number of anilines is 1. The minimum absolute atomic E-state index is 0.299. The van der Waals surface area contributed by atoms with Gasteiger partial charge < -0.3 is 14.4 Å². The standard InChI is InChI=1S/C13H18BrNO3/c1-13(2,12(16)18-5)15(3)10-8-9(14)6-7-11(10)17-4/h6-8H,1-5H3. The highest BCUT2D eigenvalue weighted by atomic mass is 79.9. The smallest absolute Gasteiger partial charge is 0.331 e. The number of nitrogens with zero attached hydrogens (tertiary/aromatic N) is 1. The Morgan fingerprint density at radius 2 is 1.94 bits per heavy atom. The molecule has 1 rings (SSSR count). The number of methoxy groups -OCH3 is 2. The maximum atomic E-state index is 11.8. The summed E-state index contributed by atoms with van der Waals surface area (Å²) in [5.74, 6) is 0.407. The van der Waals surface area contributed by atoms with Crippen molar-refractivity contribution in [2.24, 2.45) is 0 Å². The molecule has 0 aliphatic heterocycles. The van der Waals surface area contributed by atoms with Crippen molar-refractivity contribution in [2.45, 2.75) is 19.4 Å². The van der Waals surface area contributed by atoms with Crippen LogP contribution in [0.5, 0.6) is 5.75 Å². The highest BCUT2D eigenvalue weighted by Crippen LogP contribution is 2.34. The van der Waals surface area contributed by atoms with Gasteiger partial charge in [0.15, 0.2) is 0 Å². The lowest BCUT2D eigenvalue weighted by molar-refractivity contribution is -0.145. The molecule has 0 N–H and O–H groups in total. The summed E-state index contributed by atoms with van der Waals surface area (Å²) in [6.07, 6.45) is 0. The van der Waals surface area contributed by atoms with E-state index in [9.17, 15) is 4.79 Å². The molecule has 0 fully saturated rings. The van der Waals surface area contributed by atoms with Crippen molar-refractivity contribution < 1.29 is 14.3 Å². The molecule has 4 nitrogen and oxygen atoms in total. The Balaban J connectivity index is 3.21. The van der Waals surface area contributed by atoms with Crippen LogP contribution in [0.2, 0.25) is 0 Å². The molecule has 0 saturated carbocycles. The van der Waals surface area contributed by atoms with Gasteiger partial charge in [0.05, 0.1) is 19.9 Å². The normalized spacial score (nSPS) is 11.0. The van der Waals surface area contributed by atoms with Crippen LogP contribution in [0.15, 0.2) is 22.7 Å². The third-order valence-electron chi connectivity index (χ3n) is 3.03. The van der Waals surface area contributed by atoms with E-state index >= 15 is 0 Å². The number of halogens is 1. The van der Waals surface area contributed by atoms with Gasteiger partial charge in [0.25, 0.3) is 0 Å². The molecule has 0 amide bonds. The second-order valence-corrected chi connectivity index (χ2v) is 5.34. The summed E-state index contributed by atoms with van der Waals surface area (Å²) in [7, 11) is 4.82. The van der Waals surface area contributed by atoms with Crippen LogP contribution >= 0.6 is 15.9 Å². The fourth-order valence-electron chi connectivity index (χ4n) is 1.61. The number of carbonyl (C=O) groups excluding carboxylic acids is 1. The predicted octanol–water partition coefficient (Wildman–Crippen LogP) is 2.85. The van der Waals surface area contributed by atoms with Gasteiger partial charge in [-0.05, 0) is 32.0 Å². The fraction of sp³-hybridized carbons (Fsp3) is 0.462. The Hall–Kier alpha value is -1.23. The molecule has 0 bridgehead atoms. The third kappa shape index (κ3) is 2.77. The summed E-state index contributed by atoms with van der Waals surface area (Å²) in [5.41, 5.74) is 0.0466. The molecule has 0 aromatic heterocycles. The van der Waals surface area contributed by atoms with E-state index in [0.29, 0.717) is 5.75 Å². The number of likely N-dealkylation sites (N-methyl/N-ethyl adjacent to an activating group) is 1. The van der Waals surface area contributed by atoms with E-state index in [4.69, 9.17) is 9.47 Å². The molecule has 1 aromatic rings. The van der Waals surface area contributed by atoms with E-state index in [0.717, 1.165) is 10.2 Å². The number of benzene rings is 1. The van der Waals surface area contributed by atoms with Gasteiger partial charge in [-0.15, -0.1) is 0 Å². The molecule has 18 heavy (non-hydrogen) atoms. The van der Waals surface area contributed by atoms with Crippen LogP contribution < -0.4 is 9.64 Å². The van der Waals surface area contributed by atoms with Gasteiger partial charge in [-0.2, -0.15) is 0 Å². The van der Waals surface area contributed by atoms with Gasteiger partial charge >= 0.3 is 5.97 Å². The first kappa shape index (κ1) is 14.8. The molecule has 0 atom stereocenters. The lowest BCUT2D eigenvalue weighted by Crippen LogP contribution is -2.49. The zero-order chi connectivity index (χ0) is 13.9. The lowest BCUT2D eigenvalue weighted by Gasteiger charge is -2.35. The summed E-state index contributed by atoms with van der Waals surface area (Å²) >= 11 is 3.42. The number of carbonyl (C=O) groups is 1. The average molecular weight is 316 g/mol. The second kappa shape index (κ2) is 5.61. The summed E-state index contributed by atoms with van der Waals surface area (Å²) in [4.78, 5) is 13.7. The Kier molecular flexibility index (Phi) is 4.62. The van der Waals surface area contributed by atoms with E-state index in [2.05, 4.69) is 15.9 Å². The van der Waals surface area contributed by atoms with Crippen LogP contribution in [0.3, 0.4) is 0 Å². The third-order valence-corrected chi connectivity index (χ3v) is 3.52. The van der Waals surface area contributed by atoms with Crippen LogP contribution in [0, 0.1) is 0 Å². The van der Waals surface area contributed by atoms with Crippen molar-refractivity contribution in [3.63, 3.8) is 0 Å². The maximum absolute atomic E-state index is 11.8. The molecule has 1 aromatic carbocycles. The monoisotopic (exact) mass is 315 g/mol. The van der Waals surface area contributed by atoms with Gasteiger partial charge in [0.2, 0.25) is 0 Å². The summed E-state index contributed by atoms with van der Waals surface area (Å²) in [6, 6.07) is 5.65. The van der Waals surface area contributed by atoms with E-state index < -0.39 is 5.54 Å². The highest BCUT2D eigenvalue weighted by molar-refractivity contribution is 9.10. The molecular weight excluding hydrogens is 298 g/mol. The Labute approximate surface area is 116 Å². The molecule has 0 aliphatic carbocycles. The maximum Gasteiger partial charge on any atom is 0.331 e. The summed E-state index contributed by atoms with van der Waals surface area (Å²) in [5, 5.41) is 0. The minimum atomic E-state index is -0.775. The van der Waals surface area contributed by atoms with Crippen LogP contribution in [0.1, 0.15) is 13.8 Å². The first-order valence-corrected chi connectivity index (χ1v) is 6.29. The molecule has 5 heteroatoms. The van der Waals surface area contributed by atoms with Crippen molar-refractivity contribution in [3.05, 3.63) is 22.7 Å². The van der Waals surface area contributed by atoms with Gasteiger partial charge in [-0.25, -0.2) is 4.79 Å². The first-order chi connectivity index (χ1) is 8.34. The van der Waals surface area contributed by atoms with Crippen molar-refractivity contribution in [1.82, 2.24) is 0 Å². The van der Waals surface area contributed by atoms with Crippen LogP contribution in [0.4, 0.5) is 5.69 Å². The van der Waals surface area contributed by atoms with Gasteiger partial charge in [0.1, 0.15) is 11.3 Å². The molecule has 0 saturated heterocycles. The number of hydrogen-bond acceptors (Lipinski definition) is 4. The van der Waals surface area contributed by atoms with Crippen LogP contribution in [-0.4, -0.2) is 32.8 Å². The lowest BCUT2D eigenvalue weighted by atomic mass is 10.0. The van der Waals surface area contributed by atoms with Gasteiger partial charge in [0, 0.05) is 11.5 Å². The fourth-order valence-corrected chi connectivity index (χ4v) is 1.96. The zero-order valence-corrected chi connectivity index (χ0v) is 12.9. The topological polar surface area (TPSA) is 38.8 Å². The summed E-state index contributed by atoms with van der Waals surface area (Å²) < 4.78 is 11.1. The second-order valence-electron chi connectivity index (χ2n) is 4.43. The average Bonchev–Trinajstić information content (AvgIpc) is 2.36. The minimum Gasteiger partial charge on any atom is -0.495 e. The number of rotatable bonds is 4. The van der Waals surface area contributed by atoms with Gasteiger partial charge in [-0.3, -0.25) is 0 Å². The summed E-state index contributed by atoms with van der Waals surface area (Å²) in [6.45, 7) is 3.61. The largest absolute Gasteiger partial charge is 0.495 e. The molecular formula is C13H18BrNO3.